The Bertz CT molecular complexity index is 862. The van der Waals surface area contributed by atoms with E-state index in [-0.39, 0.29) is 11.9 Å². The van der Waals surface area contributed by atoms with Gasteiger partial charge in [-0.05, 0) is 59.7 Å². The molecule has 1 fully saturated rings. The van der Waals surface area contributed by atoms with Crippen LogP contribution in [0.5, 0.6) is 5.75 Å². The molecule has 2 heterocycles. The minimum absolute atomic E-state index is 0.00295. The maximum atomic E-state index is 13.1. The van der Waals surface area contributed by atoms with E-state index in [9.17, 15) is 9.90 Å². The lowest BCUT2D eigenvalue weighted by Gasteiger charge is -2.34. The van der Waals surface area contributed by atoms with Crippen molar-refractivity contribution in [2.75, 3.05) is 20.3 Å². The van der Waals surface area contributed by atoms with E-state index < -0.39 is 6.10 Å². The van der Waals surface area contributed by atoms with Gasteiger partial charge < -0.3 is 19.5 Å². The zero-order valence-electron chi connectivity index (χ0n) is 16.5. The van der Waals surface area contributed by atoms with E-state index in [1.165, 1.54) is 16.7 Å². The maximum absolute atomic E-state index is 13.1. The first kappa shape index (κ1) is 19.0. The van der Waals surface area contributed by atoms with Crippen molar-refractivity contribution in [3.63, 3.8) is 0 Å². The van der Waals surface area contributed by atoms with E-state index in [1.54, 1.807) is 12.0 Å². The van der Waals surface area contributed by atoms with Crippen molar-refractivity contribution in [2.24, 2.45) is 0 Å². The molecular weight excluding hydrogens is 354 g/mol. The third kappa shape index (κ3) is 3.52. The quantitative estimate of drug-likeness (QED) is 0.865. The molecule has 0 saturated carbocycles. The van der Waals surface area contributed by atoms with Crippen molar-refractivity contribution in [2.45, 2.75) is 44.9 Å². The number of fused-ring (bicyclic) bond motifs is 1. The lowest BCUT2D eigenvalue weighted by Crippen LogP contribution is -2.49. The summed E-state index contributed by atoms with van der Waals surface area (Å²) in [5.41, 5.74) is 5.46. The Morgan fingerprint density at radius 3 is 2.68 bits per heavy atom. The van der Waals surface area contributed by atoms with Gasteiger partial charge in [0.15, 0.2) is 0 Å². The van der Waals surface area contributed by atoms with Crippen molar-refractivity contribution >= 4 is 5.91 Å². The van der Waals surface area contributed by atoms with Crippen LogP contribution in [0.1, 0.15) is 46.0 Å². The Kier molecular flexibility index (Phi) is 5.38. The van der Waals surface area contributed by atoms with E-state index >= 15 is 0 Å². The van der Waals surface area contributed by atoms with Gasteiger partial charge in [-0.1, -0.05) is 25.1 Å². The van der Waals surface area contributed by atoms with Gasteiger partial charge in [0.05, 0.1) is 25.9 Å². The first-order chi connectivity index (χ1) is 13.6. The summed E-state index contributed by atoms with van der Waals surface area (Å²) in [6.45, 7) is 3.65. The number of amides is 1. The highest BCUT2D eigenvalue weighted by atomic mass is 16.5. The second-order valence-electron chi connectivity index (χ2n) is 7.59. The molecule has 0 aliphatic carbocycles. The number of rotatable bonds is 5. The average Bonchev–Trinajstić information content (AvgIpc) is 3.04. The Morgan fingerprint density at radius 2 is 2.00 bits per heavy atom. The minimum Gasteiger partial charge on any atom is -0.497 e. The third-order valence-electron chi connectivity index (χ3n) is 5.88. The molecule has 2 aromatic rings. The Hall–Kier alpha value is -2.37. The van der Waals surface area contributed by atoms with Gasteiger partial charge in [0.2, 0.25) is 0 Å². The predicted octanol–water partition coefficient (Wildman–Crippen LogP) is 2.95. The van der Waals surface area contributed by atoms with Crippen LogP contribution in [0.15, 0.2) is 36.4 Å². The normalized spacial score (nSPS) is 21.7. The SMILES string of the molecule is CCc1cc2c(cc1Cc1ccc(OC)cc1)C(=O)N([C@H]1COCC[C@@H]1O)C2. The number of aryl methyl sites for hydroxylation is 1. The predicted molar refractivity (Wildman–Crippen MR) is 107 cm³/mol. The molecule has 5 heteroatoms. The van der Waals surface area contributed by atoms with Crippen molar-refractivity contribution in [1.29, 1.82) is 0 Å². The highest BCUT2D eigenvalue weighted by Crippen LogP contribution is 2.31. The standard InChI is InChI=1S/C23H27NO4/c1-3-16-11-18-13-24(21-14-28-9-8-22(21)25)23(26)20(18)12-17(16)10-15-4-6-19(27-2)7-5-15/h4-7,11-12,21-22,25H,3,8-10,13-14H2,1-2H3/t21-,22-/m0/s1. The number of nitrogens with zero attached hydrogens (tertiary/aromatic N) is 1. The summed E-state index contributed by atoms with van der Waals surface area (Å²) in [6, 6.07) is 12.0. The molecular formula is C23H27NO4. The molecule has 4 rings (SSSR count). The first-order valence-electron chi connectivity index (χ1n) is 9.95. The summed E-state index contributed by atoms with van der Waals surface area (Å²) in [6.07, 6.45) is 1.76. The van der Waals surface area contributed by atoms with Crippen LogP contribution in [0.2, 0.25) is 0 Å². The monoisotopic (exact) mass is 381 g/mol. The van der Waals surface area contributed by atoms with Crippen molar-refractivity contribution < 1.29 is 19.4 Å². The molecule has 0 bridgehead atoms. The van der Waals surface area contributed by atoms with Crippen LogP contribution in [0.3, 0.4) is 0 Å². The zero-order valence-corrected chi connectivity index (χ0v) is 16.5. The average molecular weight is 381 g/mol. The van der Waals surface area contributed by atoms with Gasteiger partial charge in [0, 0.05) is 18.7 Å². The van der Waals surface area contributed by atoms with Crippen molar-refractivity contribution in [1.82, 2.24) is 4.90 Å². The van der Waals surface area contributed by atoms with Crippen LogP contribution in [0, 0.1) is 0 Å². The number of carbonyl (C=O) groups is 1. The van der Waals surface area contributed by atoms with Crippen molar-refractivity contribution in [3.05, 3.63) is 64.2 Å². The number of hydrogen-bond acceptors (Lipinski definition) is 4. The summed E-state index contributed by atoms with van der Waals surface area (Å²) >= 11 is 0. The van der Waals surface area contributed by atoms with Crippen LogP contribution >= 0.6 is 0 Å². The zero-order chi connectivity index (χ0) is 19.7. The molecule has 2 aliphatic heterocycles. The van der Waals surface area contributed by atoms with Gasteiger partial charge in [0.25, 0.3) is 5.91 Å². The number of aliphatic hydroxyl groups excluding tert-OH is 1. The third-order valence-corrected chi connectivity index (χ3v) is 5.88. The van der Waals surface area contributed by atoms with Gasteiger partial charge >= 0.3 is 0 Å². The summed E-state index contributed by atoms with van der Waals surface area (Å²) in [5, 5.41) is 10.3. The Morgan fingerprint density at radius 1 is 1.21 bits per heavy atom. The largest absolute Gasteiger partial charge is 0.497 e. The molecule has 5 nitrogen and oxygen atoms in total. The molecule has 1 saturated heterocycles. The van der Waals surface area contributed by atoms with Gasteiger partial charge in [-0.3, -0.25) is 4.79 Å². The first-order valence-corrected chi connectivity index (χ1v) is 9.95. The summed E-state index contributed by atoms with van der Waals surface area (Å²) < 4.78 is 10.8. The van der Waals surface area contributed by atoms with E-state index in [0.717, 1.165) is 29.7 Å². The Balaban J connectivity index is 1.60. The summed E-state index contributed by atoms with van der Waals surface area (Å²) in [4.78, 5) is 14.9. The topological polar surface area (TPSA) is 59.0 Å². The highest BCUT2D eigenvalue weighted by Gasteiger charge is 2.38. The maximum Gasteiger partial charge on any atom is 0.254 e. The Labute approximate surface area is 165 Å². The van der Waals surface area contributed by atoms with Crippen molar-refractivity contribution in [3.8, 4) is 5.75 Å². The van der Waals surface area contributed by atoms with Crippen LogP contribution in [-0.4, -0.2) is 48.4 Å². The number of aliphatic hydroxyl groups is 1. The van der Waals surface area contributed by atoms with Crippen LogP contribution in [-0.2, 0) is 24.1 Å². The van der Waals surface area contributed by atoms with E-state index in [0.29, 0.717) is 26.2 Å². The minimum atomic E-state index is -0.517. The fraction of sp³-hybridized carbons (Fsp3) is 0.435. The molecule has 0 radical (unpaired) electrons. The molecule has 1 amide bonds. The molecule has 2 atom stereocenters. The number of benzene rings is 2. The molecule has 0 aromatic heterocycles. The number of methoxy groups -OCH3 is 1. The molecule has 0 unspecified atom stereocenters. The van der Waals surface area contributed by atoms with Gasteiger partial charge in [0.1, 0.15) is 5.75 Å². The number of ether oxygens (including phenoxy) is 2. The molecule has 0 spiro atoms. The molecule has 28 heavy (non-hydrogen) atoms. The lowest BCUT2D eigenvalue weighted by molar-refractivity contribution is -0.0528. The van der Waals surface area contributed by atoms with Crippen LogP contribution in [0.25, 0.3) is 0 Å². The van der Waals surface area contributed by atoms with Gasteiger partial charge in [-0.2, -0.15) is 0 Å². The lowest BCUT2D eigenvalue weighted by atomic mass is 9.93. The highest BCUT2D eigenvalue weighted by molar-refractivity contribution is 5.99. The van der Waals surface area contributed by atoms with Crippen LogP contribution < -0.4 is 4.74 Å². The molecule has 148 valence electrons. The van der Waals surface area contributed by atoms with E-state index in [4.69, 9.17) is 9.47 Å². The van der Waals surface area contributed by atoms with Gasteiger partial charge in [-0.15, -0.1) is 0 Å². The van der Waals surface area contributed by atoms with Crippen LogP contribution in [0.4, 0.5) is 0 Å². The summed E-state index contributed by atoms with van der Waals surface area (Å²) in [7, 11) is 1.66. The molecule has 2 aliphatic rings. The molecule has 2 aromatic carbocycles. The number of carbonyl (C=O) groups excluding carboxylic acids is 1. The van der Waals surface area contributed by atoms with E-state index in [1.807, 2.05) is 12.1 Å². The van der Waals surface area contributed by atoms with Gasteiger partial charge in [-0.25, -0.2) is 0 Å². The van der Waals surface area contributed by atoms with E-state index in [2.05, 4.69) is 31.2 Å². The fourth-order valence-electron chi connectivity index (χ4n) is 4.21. The molecule has 1 N–H and O–H groups in total. The number of hydrogen-bond donors (Lipinski definition) is 1. The second-order valence-corrected chi connectivity index (χ2v) is 7.59. The fourth-order valence-corrected chi connectivity index (χ4v) is 4.21. The second kappa shape index (κ2) is 7.94. The smallest absolute Gasteiger partial charge is 0.254 e. The summed E-state index contributed by atoms with van der Waals surface area (Å²) in [5.74, 6) is 0.843.